The zero-order chi connectivity index (χ0) is 15.2. The Kier molecular flexibility index (Phi) is 7.05. The maximum absolute atomic E-state index is 12.2. The van der Waals surface area contributed by atoms with Crippen molar-refractivity contribution in [3.05, 3.63) is 0 Å². The van der Waals surface area contributed by atoms with Crippen molar-refractivity contribution in [2.45, 2.75) is 72.0 Å². The van der Waals surface area contributed by atoms with Gasteiger partial charge in [-0.1, -0.05) is 13.8 Å². The van der Waals surface area contributed by atoms with Crippen LogP contribution in [-0.4, -0.2) is 46.1 Å². The van der Waals surface area contributed by atoms with Gasteiger partial charge in [-0.3, -0.25) is 14.5 Å². The van der Waals surface area contributed by atoms with Gasteiger partial charge in [-0.15, -0.1) is 0 Å². The van der Waals surface area contributed by atoms with Crippen molar-refractivity contribution in [3.8, 4) is 0 Å². The lowest BCUT2D eigenvalue weighted by molar-refractivity contribution is -0.141. The molecule has 112 valence electrons. The summed E-state index contributed by atoms with van der Waals surface area (Å²) < 4.78 is 0. The molecule has 0 rings (SSSR count). The SMILES string of the molecule is CCC(C)N(CC(=O)O)C(C)C(=O)NC(C)(C)CC. The number of nitrogens with zero attached hydrogens (tertiary/aromatic N) is 1. The Morgan fingerprint density at radius 1 is 1.26 bits per heavy atom. The molecule has 2 unspecified atom stereocenters. The largest absolute Gasteiger partial charge is 0.480 e. The summed E-state index contributed by atoms with van der Waals surface area (Å²) in [5.41, 5.74) is -0.268. The minimum Gasteiger partial charge on any atom is -0.480 e. The molecule has 0 aromatic heterocycles. The third kappa shape index (κ3) is 6.05. The molecule has 2 atom stereocenters. The van der Waals surface area contributed by atoms with E-state index < -0.39 is 12.0 Å². The molecule has 0 radical (unpaired) electrons. The van der Waals surface area contributed by atoms with E-state index in [0.717, 1.165) is 12.8 Å². The monoisotopic (exact) mass is 272 g/mol. The lowest BCUT2D eigenvalue weighted by atomic mass is 10.0. The van der Waals surface area contributed by atoms with Gasteiger partial charge in [0.1, 0.15) is 0 Å². The average Bonchev–Trinajstić information content (AvgIpc) is 2.33. The first-order chi connectivity index (χ1) is 8.64. The first-order valence-electron chi connectivity index (χ1n) is 6.94. The minimum atomic E-state index is -0.908. The van der Waals surface area contributed by atoms with E-state index in [2.05, 4.69) is 5.32 Å². The number of amides is 1. The molecule has 0 spiro atoms. The Morgan fingerprint density at radius 3 is 2.16 bits per heavy atom. The summed E-state index contributed by atoms with van der Waals surface area (Å²) in [6, 6.07) is -0.390. The first kappa shape index (κ1) is 17.9. The van der Waals surface area contributed by atoms with E-state index in [4.69, 9.17) is 5.11 Å². The van der Waals surface area contributed by atoms with E-state index in [1.807, 2.05) is 34.6 Å². The van der Waals surface area contributed by atoms with Crippen molar-refractivity contribution in [3.63, 3.8) is 0 Å². The van der Waals surface area contributed by atoms with Gasteiger partial charge < -0.3 is 10.4 Å². The second-order valence-corrected chi connectivity index (χ2v) is 5.73. The number of nitrogens with one attached hydrogen (secondary N) is 1. The number of carbonyl (C=O) groups excluding carboxylic acids is 1. The topological polar surface area (TPSA) is 69.6 Å². The zero-order valence-corrected chi connectivity index (χ0v) is 13.0. The minimum absolute atomic E-state index is 0.0570. The van der Waals surface area contributed by atoms with Gasteiger partial charge in [-0.25, -0.2) is 0 Å². The molecule has 0 aromatic carbocycles. The van der Waals surface area contributed by atoms with Gasteiger partial charge in [0.15, 0.2) is 0 Å². The van der Waals surface area contributed by atoms with Crippen LogP contribution in [0.25, 0.3) is 0 Å². The molecule has 1 amide bonds. The molecule has 0 aliphatic carbocycles. The fourth-order valence-electron chi connectivity index (χ4n) is 1.74. The van der Waals surface area contributed by atoms with E-state index in [9.17, 15) is 9.59 Å². The molecule has 0 heterocycles. The van der Waals surface area contributed by atoms with E-state index in [1.54, 1.807) is 11.8 Å². The molecular weight excluding hydrogens is 244 g/mol. The number of hydrogen-bond donors (Lipinski definition) is 2. The van der Waals surface area contributed by atoms with Crippen LogP contribution in [0.1, 0.15) is 54.4 Å². The summed E-state index contributed by atoms with van der Waals surface area (Å²) in [6.45, 7) is 11.5. The summed E-state index contributed by atoms with van der Waals surface area (Å²) in [7, 11) is 0. The number of aliphatic carboxylic acids is 1. The van der Waals surface area contributed by atoms with Crippen LogP contribution in [0.5, 0.6) is 0 Å². The fourth-order valence-corrected chi connectivity index (χ4v) is 1.74. The summed E-state index contributed by atoms with van der Waals surface area (Å²) in [6.07, 6.45) is 1.63. The van der Waals surface area contributed by atoms with Crippen molar-refractivity contribution in [1.29, 1.82) is 0 Å². The predicted octanol–water partition coefficient (Wildman–Crippen LogP) is 1.86. The molecule has 0 aliphatic rings. The molecule has 0 saturated carbocycles. The smallest absolute Gasteiger partial charge is 0.317 e. The van der Waals surface area contributed by atoms with Crippen molar-refractivity contribution in [1.82, 2.24) is 10.2 Å². The van der Waals surface area contributed by atoms with Gasteiger partial charge in [0.05, 0.1) is 12.6 Å². The standard InChI is InChI=1S/C14H28N2O3/c1-7-10(3)16(9-12(17)18)11(4)13(19)15-14(5,6)8-2/h10-11H,7-9H2,1-6H3,(H,15,19)(H,17,18). The molecule has 0 saturated heterocycles. The Bertz CT molecular complexity index is 316. The lowest BCUT2D eigenvalue weighted by Gasteiger charge is -2.34. The van der Waals surface area contributed by atoms with Gasteiger partial charge >= 0.3 is 5.97 Å². The highest BCUT2D eigenvalue weighted by atomic mass is 16.4. The zero-order valence-electron chi connectivity index (χ0n) is 13.0. The summed E-state index contributed by atoms with van der Waals surface area (Å²) >= 11 is 0. The third-order valence-corrected chi connectivity index (χ3v) is 3.70. The van der Waals surface area contributed by atoms with Crippen LogP contribution in [0.2, 0.25) is 0 Å². The van der Waals surface area contributed by atoms with Crippen molar-refractivity contribution < 1.29 is 14.7 Å². The Labute approximate surface area is 116 Å². The van der Waals surface area contributed by atoms with Crippen LogP contribution in [0.15, 0.2) is 0 Å². The van der Waals surface area contributed by atoms with Gasteiger partial charge in [-0.05, 0) is 40.5 Å². The highest BCUT2D eigenvalue weighted by molar-refractivity contribution is 5.82. The van der Waals surface area contributed by atoms with Gasteiger partial charge in [-0.2, -0.15) is 0 Å². The summed E-state index contributed by atoms with van der Waals surface area (Å²) in [5.74, 6) is -1.02. The van der Waals surface area contributed by atoms with Gasteiger partial charge in [0.25, 0.3) is 0 Å². The Balaban J connectivity index is 4.83. The average molecular weight is 272 g/mol. The second kappa shape index (κ2) is 7.48. The Morgan fingerprint density at radius 2 is 1.79 bits per heavy atom. The number of carboxylic acids is 1. The normalized spacial score (nSPS) is 15.1. The molecule has 0 fully saturated rings. The van der Waals surface area contributed by atoms with E-state index >= 15 is 0 Å². The van der Waals surface area contributed by atoms with E-state index in [-0.39, 0.29) is 24.0 Å². The molecule has 19 heavy (non-hydrogen) atoms. The molecule has 5 nitrogen and oxygen atoms in total. The lowest BCUT2D eigenvalue weighted by Crippen LogP contribution is -2.54. The van der Waals surface area contributed by atoms with Crippen LogP contribution in [0.4, 0.5) is 0 Å². The second-order valence-electron chi connectivity index (χ2n) is 5.73. The van der Waals surface area contributed by atoms with Crippen LogP contribution < -0.4 is 5.32 Å². The van der Waals surface area contributed by atoms with Crippen molar-refractivity contribution in [2.75, 3.05) is 6.54 Å². The number of carboxylic acid groups (broad SMARTS) is 1. The van der Waals surface area contributed by atoms with Gasteiger partial charge in [0, 0.05) is 11.6 Å². The van der Waals surface area contributed by atoms with E-state index in [1.165, 1.54) is 0 Å². The van der Waals surface area contributed by atoms with Crippen LogP contribution in [0.3, 0.4) is 0 Å². The maximum atomic E-state index is 12.2. The maximum Gasteiger partial charge on any atom is 0.317 e. The Hall–Kier alpha value is -1.10. The predicted molar refractivity (Wildman–Crippen MR) is 76.1 cm³/mol. The number of carbonyl (C=O) groups is 2. The highest BCUT2D eigenvalue weighted by Gasteiger charge is 2.29. The molecule has 5 heteroatoms. The molecule has 0 aliphatic heterocycles. The summed E-state index contributed by atoms with van der Waals surface area (Å²) in [5, 5.41) is 11.9. The number of hydrogen-bond acceptors (Lipinski definition) is 3. The highest BCUT2D eigenvalue weighted by Crippen LogP contribution is 2.12. The summed E-state index contributed by atoms with van der Waals surface area (Å²) in [4.78, 5) is 24.9. The third-order valence-electron chi connectivity index (χ3n) is 3.70. The van der Waals surface area contributed by atoms with E-state index in [0.29, 0.717) is 0 Å². The quantitative estimate of drug-likeness (QED) is 0.707. The number of rotatable bonds is 8. The molecule has 0 aromatic rings. The van der Waals surface area contributed by atoms with Crippen LogP contribution in [0, 0.1) is 0 Å². The first-order valence-corrected chi connectivity index (χ1v) is 6.94. The molecular formula is C14H28N2O3. The molecule has 0 bridgehead atoms. The molecule has 2 N–H and O–H groups in total. The van der Waals surface area contributed by atoms with Crippen LogP contribution >= 0.6 is 0 Å². The van der Waals surface area contributed by atoms with Crippen LogP contribution in [-0.2, 0) is 9.59 Å². The van der Waals surface area contributed by atoms with Crippen molar-refractivity contribution in [2.24, 2.45) is 0 Å². The van der Waals surface area contributed by atoms with Crippen molar-refractivity contribution >= 4 is 11.9 Å². The fraction of sp³-hybridized carbons (Fsp3) is 0.857. The van der Waals surface area contributed by atoms with Gasteiger partial charge in [0.2, 0.25) is 5.91 Å².